The zero-order valence-electron chi connectivity index (χ0n) is 14.2. The van der Waals surface area contributed by atoms with Gasteiger partial charge in [-0.2, -0.15) is 0 Å². The summed E-state index contributed by atoms with van der Waals surface area (Å²) in [5.74, 6) is -0.296. The molecule has 1 aromatic rings. The number of pyridine rings is 1. The largest absolute Gasteiger partial charge is 0.491 e. The second-order valence-electron chi connectivity index (χ2n) is 7.55. The van der Waals surface area contributed by atoms with Gasteiger partial charge in [0.15, 0.2) is 0 Å². The zero-order valence-corrected chi connectivity index (χ0v) is 14.2. The summed E-state index contributed by atoms with van der Waals surface area (Å²) in [5.41, 5.74) is -0.584. The number of hydrogen-bond acceptors (Lipinski definition) is 4. The molecule has 3 fully saturated rings. The number of halogens is 3. The van der Waals surface area contributed by atoms with E-state index in [1.807, 2.05) is 11.8 Å². The molecule has 0 amide bonds. The minimum atomic E-state index is -4.77. The van der Waals surface area contributed by atoms with Gasteiger partial charge in [0, 0.05) is 38.3 Å². The molecule has 1 aliphatic carbocycles. The van der Waals surface area contributed by atoms with Crippen LogP contribution in [-0.2, 0) is 11.1 Å². The van der Waals surface area contributed by atoms with Gasteiger partial charge >= 0.3 is 12.3 Å². The average Bonchev–Trinajstić information content (AvgIpc) is 2.96. The molecule has 142 valence electrons. The van der Waals surface area contributed by atoms with Crippen LogP contribution < -0.4 is 15.4 Å². The van der Waals surface area contributed by atoms with Crippen molar-refractivity contribution in [1.82, 2.24) is 4.57 Å². The SMILES string of the molecule is C[C@H]1CCN1c1cc(N2C[C@@H]3[C@@H](CC(=O)O)[C@@H]3C2)cn(C(F)(F)F)c1=O. The van der Waals surface area contributed by atoms with Crippen LogP contribution in [0.3, 0.4) is 0 Å². The van der Waals surface area contributed by atoms with Gasteiger partial charge < -0.3 is 14.9 Å². The standard InChI is InChI=1S/C17H20F3N3O3/c1-9-2-3-22(9)14-4-10(6-23(16(14)26)17(18,19)20)21-7-12-11(5-15(24)25)13(12)8-21/h4,6,9,11-13H,2-3,5,7-8H2,1H3,(H,24,25)/t9-,11-,12-,13+/m0/s1. The lowest BCUT2D eigenvalue weighted by Gasteiger charge is -2.40. The van der Waals surface area contributed by atoms with Gasteiger partial charge in [-0.15, -0.1) is 13.2 Å². The molecule has 3 heterocycles. The highest BCUT2D eigenvalue weighted by molar-refractivity contribution is 5.68. The molecule has 26 heavy (non-hydrogen) atoms. The van der Waals surface area contributed by atoms with Crippen molar-refractivity contribution in [3.63, 3.8) is 0 Å². The fraction of sp³-hybridized carbons (Fsp3) is 0.647. The van der Waals surface area contributed by atoms with Gasteiger partial charge in [-0.05, 0) is 37.2 Å². The number of rotatable bonds is 4. The third-order valence-corrected chi connectivity index (χ3v) is 6.03. The summed E-state index contributed by atoms with van der Waals surface area (Å²) in [6, 6.07) is 1.60. The van der Waals surface area contributed by atoms with Crippen LogP contribution in [0.25, 0.3) is 0 Å². The Kier molecular flexibility index (Phi) is 3.75. The second kappa shape index (κ2) is 5.65. The predicted molar refractivity (Wildman–Crippen MR) is 88.4 cm³/mol. The van der Waals surface area contributed by atoms with Crippen molar-refractivity contribution in [2.45, 2.75) is 32.1 Å². The Morgan fingerprint density at radius 3 is 2.42 bits per heavy atom. The molecule has 0 unspecified atom stereocenters. The van der Waals surface area contributed by atoms with Crippen molar-refractivity contribution in [3.8, 4) is 0 Å². The number of aliphatic carboxylic acids is 1. The van der Waals surface area contributed by atoms with E-state index in [-0.39, 0.29) is 40.5 Å². The van der Waals surface area contributed by atoms with Crippen molar-refractivity contribution in [2.75, 3.05) is 29.4 Å². The first-order valence-electron chi connectivity index (χ1n) is 8.74. The molecular formula is C17H20F3N3O3. The quantitative estimate of drug-likeness (QED) is 0.878. The van der Waals surface area contributed by atoms with Crippen LogP contribution in [-0.4, -0.2) is 41.3 Å². The number of aromatic nitrogens is 1. The Bertz CT molecular complexity index is 795. The fourth-order valence-corrected chi connectivity index (χ4v) is 4.36. The normalized spacial score (nSPS) is 30.2. The molecule has 0 bridgehead atoms. The second-order valence-corrected chi connectivity index (χ2v) is 7.55. The predicted octanol–water partition coefficient (Wildman–Crippen LogP) is 2.08. The van der Waals surface area contributed by atoms with E-state index in [0.717, 1.165) is 12.6 Å². The summed E-state index contributed by atoms with van der Waals surface area (Å²) in [6.07, 6.45) is -2.94. The van der Waals surface area contributed by atoms with Gasteiger partial charge in [-0.3, -0.25) is 9.59 Å². The summed E-state index contributed by atoms with van der Waals surface area (Å²) in [6.45, 7) is 3.53. The molecule has 0 radical (unpaired) electrons. The van der Waals surface area contributed by atoms with Crippen molar-refractivity contribution in [1.29, 1.82) is 0 Å². The van der Waals surface area contributed by atoms with E-state index >= 15 is 0 Å². The Morgan fingerprint density at radius 2 is 1.96 bits per heavy atom. The van der Waals surface area contributed by atoms with Crippen molar-refractivity contribution >= 4 is 17.3 Å². The van der Waals surface area contributed by atoms with E-state index < -0.39 is 17.8 Å². The van der Waals surface area contributed by atoms with Crippen LogP contribution in [0.1, 0.15) is 19.8 Å². The van der Waals surface area contributed by atoms with E-state index in [4.69, 9.17) is 5.11 Å². The third-order valence-electron chi connectivity index (χ3n) is 6.03. The maximum absolute atomic E-state index is 13.3. The number of carboxylic acids is 1. The molecule has 4 atom stereocenters. The maximum Gasteiger partial charge on any atom is 0.491 e. The van der Waals surface area contributed by atoms with Crippen molar-refractivity contribution in [2.24, 2.45) is 17.8 Å². The lowest BCUT2D eigenvalue weighted by molar-refractivity contribution is -0.206. The maximum atomic E-state index is 13.3. The summed E-state index contributed by atoms with van der Waals surface area (Å²) in [5, 5.41) is 8.89. The van der Waals surface area contributed by atoms with Gasteiger partial charge in [0.2, 0.25) is 0 Å². The molecule has 1 aromatic heterocycles. The minimum absolute atomic E-state index is 0.0477. The highest BCUT2D eigenvalue weighted by Gasteiger charge is 2.56. The first-order valence-corrected chi connectivity index (χ1v) is 8.74. The molecule has 3 aliphatic rings. The smallest absolute Gasteiger partial charge is 0.481 e. The van der Waals surface area contributed by atoms with Crippen LogP contribution in [0.5, 0.6) is 0 Å². The van der Waals surface area contributed by atoms with Gasteiger partial charge in [0.05, 0.1) is 5.69 Å². The Labute approximate surface area is 147 Å². The van der Waals surface area contributed by atoms with E-state index in [1.54, 1.807) is 11.0 Å². The van der Waals surface area contributed by atoms with Gasteiger partial charge in [-0.25, -0.2) is 4.57 Å². The number of nitrogens with zero attached hydrogens (tertiary/aromatic N) is 3. The minimum Gasteiger partial charge on any atom is -0.481 e. The van der Waals surface area contributed by atoms with E-state index in [0.29, 0.717) is 25.3 Å². The number of piperidine rings is 1. The molecule has 0 aromatic carbocycles. The monoisotopic (exact) mass is 371 g/mol. The number of carbonyl (C=O) groups is 1. The van der Waals surface area contributed by atoms with Crippen LogP contribution in [0.2, 0.25) is 0 Å². The average molecular weight is 371 g/mol. The lowest BCUT2D eigenvalue weighted by Crippen LogP contribution is -2.49. The van der Waals surface area contributed by atoms with E-state index in [2.05, 4.69) is 0 Å². The topological polar surface area (TPSA) is 65.8 Å². The molecule has 1 N–H and O–H groups in total. The third kappa shape index (κ3) is 2.73. The summed E-state index contributed by atoms with van der Waals surface area (Å²) < 4.78 is 39.9. The summed E-state index contributed by atoms with van der Waals surface area (Å²) in [7, 11) is 0. The summed E-state index contributed by atoms with van der Waals surface area (Å²) >= 11 is 0. The number of anilines is 2. The highest BCUT2D eigenvalue weighted by atomic mass is 19.4. The van der Waals surface area contributed by atoms with E-state index in [1.165, 1.54) is 0 Å². The van der Waals surface area contributed by atoms with Crippen LogP contribution in [0.4, 0.5) is 24.5 Å². The Morgan fingerprint density at radius 1 is 1.31 bits per heavy atom. The van der Waals surface area contributed by atoms with E-state index in [9.17, 15) is 22.8 Å². The Balaban J connectivity index is 1.62. The van der Waals surface area contributed by atoms with Crippen LogP contribution in [0, 0.1) is 17.8 Å². The van der Waals surface area contributed by atoms with Crippen LogP contribution in [0.15, 0.2) is 17.1 Å². The molecule has 1 saturated carbocycles. The van der Waals surface area contributed by atoms with Gasteiger partial charge in [0.1, 0.15) is 5.69 Å². The number of fused-ring (bicyclic) bond motifs is 1. The number of carboxylic acid groups (broad SMARTS) is 1. The zero-order chi connectivity index (χ0) is 18.8. The first-order chi connectivity index (χ1) is 12.2. The molecule has 0 spiro atoms. The number of hydrogen-bond donors (Lipinski definition) is 1. The number of alkyl halides is 3. The molecule has 6 nitrogen and oxygen atoms in total. The highest BCUT2D eigenvalue weighted by Crippen LogP contribution is 2.54. The molecular weight excluding hydrogens is 351 g/mol. The van der Waals surface area contributed by atoms with Gasteiger partial charge in [-0.1, -0.05) is 0 Å². The fourth-order valence-electron chi connectivity index (χ4n) is 4.36. The first kappa shape index (κ1) is 17.2. The van der Waals surface area contributed by atoms with Crippen molar-refractivity contribution in [3.05, 3.63) is 22.6 Å². The van der Waals surface area contributed by atoms with Gasteiger partial charge in [0.25, 0.3) is 5.56 Å². The summed E-state index contributed by atoms with van der Waals surface area (Å²) in [4.78, 5) is 26.7. The molecule has 9 heteroatoms. The van der Waals surface area contributed by atoms with Crippen LogP contribution >= 0.6 is 0 Å². The lowest BCUT2D eigenvalue weighted by atomic mass is 10.0. The molecule has 2 aliphatic heterocycles. The van der Waals surface area contributed by atoms with Crippen molar-refractivity contribution < 1.29 is 23.1 Å². The molecule has 2 saturated heterocycles. The molecule has 4 rings (SSSR count). The Hall–Kier alpha value is -2.19.